The third kappa shape index (κ3) is 3.35. The van der Waals surface area contributed by atoms with Gasteiger partial charge in [-0.25, -0.2) is 4.79 Å². The molecule has 0 aliphatic carbocycles. The van der Waals surface area contributed by atoms with Crippen LogP contribution in [0.25, 0.3) is 0 Å². The molecule has 0 aliphatic heterocycles. The van der Waals surface area contributed by atoms with E-state index in [-0.39, 0.29) is 5.56 Å². The molecule has 1 rings (SSSR count). The van der Waals surface area contributed by atoms with Crippen molar-refractivity contribution in [3.8, 4) is 0 Å². The van der Waals surface area contributed by atoms with Crippen molar-refractivity contribution in [3.63, 3.8) is 0 Å². The molecule has 74 valence electrons. The lowest BCUT2D eigenvalue weighted by Crippen LogP contribution is -2.15. The number of hydrogen-bond donors (Lipinski definition) is 3. The number of thiocarbonyl (C=S) groups is 1. The van der Waals surface area contributed by atoms with Crippen LogP contribution in [0.2, 0.25) is 0 Å². The summed E-state index contributed by atoms with van der Waals surface area (Å²) in [5.74, 6) is -0.922. The molecule has 3 nitrogen and oxygen atoms in total. The van der Waals surface area contributed by atoms with E-state index in [9.17, 15) is 4.79 Å². The summed E-state index contributed by atoms with van der Waals surface area (Å²) in [7, 11) is 0. The molecule has 0 unspecified atom stereocenters. The van der Waals surface area contributed by atoms with E-state index in [1.54, 1.807) is 24.3 Å². The van der Waals surface area contributed by atoms with Gasteiger partial charge in [0, 0.05) is 6.54 Å². The Kier molecular flexibility index (Phi) is 3.91. The molecule has 0 aromatic heterocycles. The number of rotatable bonds is 3. The number of carboxylic acids is 1. The van der Waals surface area contributed by atoms with Crippen molar-refractivity contribution in [2.45, 2.75) is 6.54 Å². The molecule has 0 radical (unpaired) electrons. The van der Waals surface area contributed by atoms with Crippen molar-refractivity contribution >= 4 is 35.1 Å². The molecular formula is C9H9NO2S2. The monoisotopic (exact) mass is 227 g/mol. The first-order valence-electron chi connectivity index (χ1n) is 3.88. The van der Waals surface area contributed by atoms with Gasteiger partial charge in [0.25, 0.3) is 0 Å². The number of aromatic carboxylic acids is 1. The SMILES string of the molecule is O=C(O)c1ccc(CNC(=S)S)cc1. The molecule has 5 heteroatoms. The van der Waals surface area contributed by atoms with E-state index in [0.29, 0.717) is 10.9 Å². The van der Waals surface area contributed by atoms with Crippen LogP contribution in [0.1, 0.15) is 15.9 Å². The van der Waals surface area contributed by atoms with Gasteiger partial charge in [-0.05, 0) is 17.7 Å². The minimum absolute atomic E-state index is 0.280. The van der Waals surface area contributed by atoms with E-state index in [2.05, 4.69) is 17.9 Å². The number of carboxylic acid groups (broad SMARTS) is 1. The Morgan fingerprint density at radius 3 is 2.43 bits per heavy atom. The highest BCUT2D eigenvalue weighted by Crippen LogP contribution is 2.04. The molecule has 0 bridgehead atoms. The van der Waals surface area contributed by atoms with Crippen LogP contribution in [0.4, 0.5) is 0 Å². The Bertz CT molecular complexity index is 348. The summed E-state index contributed by atoms with van der Waals surface area (Å²) < 4.78 is 0.423. The zero-order valence-corrected chi connectivity index (χ0v) is 8.94. The molecule has 0 amide bonds. The van der Waals surface area contributed by atoms with Gasteiger partial charge in [0.1, 0.15) is 4.32 Å². The van der Waals surface area contributed by atoms with Crippen molar-refractivity contribution in [2.24, 2.45) is 0 Å². The van der Waals surface area contributed by atoms with Crippen LogP contribution in [0.15, 0.2) is 24.3 Å². The highest BCUT2D eigenvalue weighted by Gasteiger charge is 2.01. The maximum absolute atomic E-state index is 10.5. The molecule has 0 saturated heterocycles. The molecule has 0 atom stereocenters. The first-order chi connectivity index (χ1) is 6.59. The van der Waals surface area contributed by atoms with Gasteiger partial charge in [0.2, 0.25) is 0 Å². The zero-order chi connectivity index (χ0) is 10.6. The van der Waals surface area contributed by atoms with Gasteiger partial charge in [-0.2, -0.15) is 0 Å². The lowest BCUT2D eigenvalue weighted by molar-refractivity contribution is 0.0697. The maximum Gasteiger partial charge on any atom is 0.335 e. The lowest BCUT2D eigenvalue weighted by Gasteiger charge is -2.03. The molecule has 0 fully saturated rings. The second-order valence-corrected chi connectivity index (χ2v) is 3.82. The highest BCUT2D eigenvalue weighted by atomic mass is 32.1. The summed E-state index contributed by atoms with van der Waals surface area (Å²) in [6.07, 6.45) is 0. The zero-order valence-electron chi connectivity index (χ0n) is 7.23. The topological polar surface area (TPSA) is 49.3 Å². The molecule has 14 heavy (non-hydrogen) atoms. The van der Waals surface area contributed by atoms with Gasteiger partial charge in [-0.15, -0.1) is 12.6 Å². The van der Waals surface area contributed by atoms with Crippen LogP contribution < -0.4 is 5.32 Å². The van der Waals surface area contributed by atoms with Crippen LogP contribution in [-0.4, -0.2) is 15.4 Å². The third-order valence-electron chi connectivity index (χ3n) is 1.64. The van der Waals surface area contributed by atoms with Crippen LogP contribution >= 0.6 is 24.8 Å². The fraction of sp³-hybridized carbons (Fsp3) is 0.111. The van der Waals surface area contributed by atoms with Gasteiger partial charge in [-0.3, -0.25) is 0 Å². The van der Waals surface area contributed by atoms with Crippen LogP contribution in [-0.2, 0) is 6.54 Å². The molecule has 1 aromatic carbocycles. The molecule has 1 aromatic rings. The third-order valence-corrected chi connectivity index (χ3v) is 1.95. The number of nitrogens with one attached hydrogen (secondary N) is 1. The predicted octanol–water partition coefficient (Wildman–Crippen LogP) is 1.69. The fourth-order valence-corrected chi connectivity index (χ4v) is 1.09. The maximum atomic E-state index is 10.5. The summed E-state index contributed by atoms with van der Waals surface area (Å²) in [6, 6.07) is 6.59. The summed E-state index contributed by atoms with van der Waals surface area (Å²) in [5, 5.41) is 11.5. The van der Waals surface area contributed by atoms with Gasteiger partial charge in [-0.1, -0.05) is 24.4 Å². The van der Waals surface area contributed by atoms with Crippen LogP contribution in [0.5, 0.6) is 0 Å². The minimum Gasteiger partial charge on any atom is -0.478 e. The fourth-order valence-electron chi connectivity index (χ4n) is 0.943. The lowest BCUT2D eigenvalue weighted by atomic mass is 10.1. The normalized spacial score (nSPS) is 9.50. The Morgan fingerprint density at radius 2 is 2.00 bits per heavy atom. The Labute approximate surface area is 92.5 Å². The first-order valence-corrected chi connectivity index (χ1v) is 4.74. The largest absolute Gasteiger partial charge is 0.478 e. The summed E-state index contributed by atoms with van der Waals surface area (Å²) in [5.41, 5.74) is 1.24. The highest BCUT2D eigenvalue weighted by molar-refractivity contribution is 8.11. The van der Waals surface area contributed by atoms with E-state index in [0.717, 1.165) is 5.56 Å². The number of benzene rings is 1. The average Bonchev–Trinajstić information content (AvgIpc) is 2.15. The van der Waals surface area contributed by atoms with Gasteiger partial charge >= 0.3 is 5.97 Å². The van der Waals surface area contributed by atoms with E-state index in [1.165, 1.54) is 0 Å². The van der Waals surface area contributed by atoms with Gasteiger partial charge in [0.05, 0.1) is 5.56 Å². The van der Waals surface area contributed by atoms with Crippen molar-refractivity contribution < 1.29 is 9.90 Å². The van der Waals surface area contributed by atoms with E-state index < -0.39 is 5.97 Å². The quantitative estimate of drug-likeness (QED) is 0.543. The number of hydrogen-bond acceptors (Lipinski definition) is 2. The molecule has 0 spiro atoms. The standard InChI is InChI=1S/C9H9NO2S2/c11-8(12)7-3-1-6(2-4-7)5-10-9(13)14/h1-4H,5H2,(H,11,12)(H2,10,13,14). The predicted molar refractivity (Wildman–Crippen MR) is 61.8 cm³/mol. The van der Waals surface area contributed by atoms with Crippen molar-refractivity contribution in [2.75, 3.05) is 0 Å². The van der Waals surface area contributed by atoms with E-state index in [1.807, 2.05) is 0 Å². The summed E-state index contributed by atoms with van der Waals surface area (Å²) >= 11 is 8.63. The van der Waals surface area contributed by atoms with E-state index >= 15 is 0 Å². The molecular weight excluding hydrogens is 218 g/mol. The van der Waals surface area contributed by atoms with Crippen molar-refractivity contribution in [3.05, 3.63) is 35.4 Å². The summed E-state index contributed by atoms with van der Waals surface area (Å²) in [6.45, 7) is 0.558. The van der Waals surface area contributed by atoms with Crippen LogP contribution in [0, 0.1) is 0 Å². The first kappa shape index (κ1) is 11.0. The Hall–Kier alpha value is -1.07. The molecule has 0 aliphatic rings. The molecule has 0 saturated carbocycles. The molecule has 2 N–H and O–H groups in total. The van der Waals surface area contributed by atoms with E-state index in [4.69, 9.17) is 17.3 Å². The molecule has 0 heterocycles. The Morgan fingerprint density at radius 1 is 1.43 bits per heavy atom. The smallest absolute Gasteiger partial charge is 0.335 e. The Balaban J connectivity index is 2.64. The van der Waals surface area contributed by atoms with Crippen molar-refractivity contribution in [1.82, 2.24) is 5.32 Å². The summed E-state index contributed by atoms with van der Waals surface area (Å²) in [4.78, 5) is 10.5. The number of thiol groups is 1. The average molecular weight is 227 g/mol. The van der Waals surface area contributed by atoms with Crippen LogP contribution in [0.3, 0.4) is 0 Å². The van der Waals surface area contributed by atoms with Crippen molar-refractivity contribution in [1.29, 1.82) is 0 Å². The second kappa shape index (κ2) is 4.97. The number of carbonyl (C=O) groups is 1. The second-order valence-electron chi connectivity index (χ2n) is 2.66. The minimum atomic E-state index is -0.922. The van der Waals surface area contributed by atoms with Gasteiger partial charge in [0.15, 0.2) is 0 Å². The van der Waals surface area contributed by atoms with Gasteiger partial charge < -0.3 is 10.4 Å².